The summed E-state index contributed by atoms with van der Waals surface area (Å²) in [5.74, 6) is -0.896. The molecule has 0 unspecified atom stereocenters. The van der Waals surface area contributed by atoms with Crippen LogP contribution in [0.3, 0.4) is 0 Å². The van der Waals surface area contributed by atoms with E-state index in [2.05, 4.69) is 20.5 Å². The van der Waals surface area contributed by atoms with E-state index < -0.39 is 11.7 Å². The van der Waals surface area contributed by atoms with Crippen molar-refractivity contribution in [1.82, 2.24) is 20.1 Å². The SMILES string of the molecule is O=C(Nc1ccccc1F)c1cc(C2CCN(C(=O)c3ccc4ccccc4n3)CC2)[nH]n1. The Labute approximate surface area is 189 Å². The van der Waals surface area contributed by atoms with E-state index in [1.54, 1.807) is 24.3 Å². The maximum Gasteiger partial charge on any atom is 0.276 e. The predicted molar refractivity (Wildman–Crippen MR) is 123 cm³/mol. The van der Waals surface area contributed by atoms with E-state index in [1.807, 2.05) is 35.2 Å². The van der Waals surface area contributed by atoms with E-state index in [0.29, 0.717) is 18.8 Å². The first-order chi connectivity index (χ1) is 16.1. The first-order valence-electron chi connectivity index (χ1n) is 10.8. The average molecular weight is 443 g/mol. The summed E-state index contributed by atoms with van der Waals surface area (Å²) in [6.07, 6.45) is 1.49. The number of nitrogens with one attached hydrogen (secondary N) is 2. The number of aromatic amines is 1. The van der Waals surface area contributed by atoms with Gasteiger partial charge in [-0.15, -0.1) is 0 Å². The van der Waals surface area contributed by atoms with Gasteiger partial charge in [-0.1, -0.05) is 36.4 Å². The number of piperidine rings is 1. The first kappa shape index (κ1) is 20.8. The number of fused-ring (bicyclic) bond motifs is 1. The molecule has 7 nitrogen and oxygen atoms in total. The normalized spacial score (nSPS) is 14.4. The van der Waals surface area contributed by atoms with Crippen LogP contribution in [-0.4, -0.2) is 45.0 Å². The lowest BCUT2D eigenvalue weighted by atomic mass is 9.93. The Bertz CT molecular complexity index is 1330. The third kappa shape index (κ3) is 4.32. The van der Waals surface area contributed by atoms with Crippen LogP contribution < -0.4 is 5.32 Å². The summed E-state index contributed by atoms with van der Waals surface area (Å²) in [6.45, 7) is 1.18. The monoisotopic (exact) mass is 443 g/mol. The van der Waals surface area contributed by atoms with Crippen LogP contribution >= 0.6 is 0 Å². The highest BCUT2D eigenvalue weighted by Crippen LogP contribution is 2.28. The molecule has 1 fully saturated rings. The maximum absolute atomic E-state index is 13.8. The molecule has 1 aliphatic rings. The number of pyridine rings is 1. The Morgan fingerprint density at radius 1 is 0.970 bits per heavy atom. The van der Waals surface area contributed by atoms with E-state index in [4.69, 9.17) is 0 Å². The van der Waals surface area contributed by atoms with Gasteiger partial charge in [0.25, 0.3) is 11.8 Å². The highest BCUT2D eigenvalue weighted by atomic mass is 19.1. The van der Waals surface area contributed by atoms with Crippen LogP contribution in [0.25, 0.3) is 10.9 Å². The second kappa shape index (κ2) is 8.82. The van der Waals surface area contributed by atoms with Gasteiger partial charge in [0, 0.05) is 30.1 Å². The van der Waals surface area contributed by atoms with Crippen molar-refractivity contribution < 1.29 is 14.0 Å². The van der Waals surface area contributed by atoms with Crippen LogP contribution in [0.4, 0.5) is 10.1 Å². The van der Waals surface area contributed by atoms with Crippen molar-refractivity contribution >= 4 is 28.4 Å². The number of nitrogens with zero attached hydrogens (tertiary/aromatic N) is 3. The molecule has 33 heavy (non-hydrogen) atoms. The van der Waals surface area contributed by atoms with Gasteiger partial charge in [0.1, 0.15) is 11.5 Å². The van der Waals surface area contributed by atoms with Gasteiger partial charge in [0.2, 0.25) is 0 Å². The summed E-state index contributed by atoms with van der Waals surface area (Å²) in [6, 6.07) is 19.1. The Morgan fingerprint density at radius 3 is 2.55 bits per heavy atom. The highest BCUT2D eigenvalue weighted by Gasteiger charge is 2.27. The molecule has 166 valence electrons. The number of H-pyrrole nitrogens is 1. The molecule has 8 heteroatoms. The number of carbonyl (C=O) groups is 2. The number of rotatable bonds is 4. The molecular weight excluding hydrogens is 421 g/mol. The summed E-state index contributed by atoms with van der Waals surface area (Å²) in [5.41, 5.74) is 2.40. The Balaban J connectivity index is 1.21. The molecule has 5 rings (SSSR count). The molecule has 1 saturated heterocycles. The molecule has 3 heterocycles. The number of likely N-dealkylation sites (tertiary alicyclic amines) is 1. The van der Waals surface area contributed by atoms with E-state index in [1.165, 1.54) is 12.1 Å². The van der Waals surface area contributed by atoms with Crippen LogP contribution in [0.1, 0.15) is 45.4 Å². The fraction of sp³-hybridized carbons (Fsp3) is 0.200. The van der Waals surface area contributed by atoms with Crippen LogP contribution in [0.15, 0.2) is 66.7 Å². The van der Waals surface area contributed by atoms with Crippen LogP contribution in [0, 0.1) is 5.82 Å². The largest absolute Gasteiger partial charge is 0.337 e. The maximum atomic E-state index is 13.8. The minimum absolute atomic E-state index is 0.0752. The smallest absolute Gasteiger partial charge is 0.276 e. The lowest BCUT2D eigenvalue weighted by Crippen LogP contribution is -2.38. The van der Waals surface area contributed by atoms with Gasteiger partial charge in [-0.2, -0.15) is 5.10 Å². The molecule has 0 saturated carbocycles. The average Bonchev–Trinajstić information content (AvgIpc) is 3.35. The van der Waals surface area contributed by atoms with Crippen molar-refractivity contribution in [3.63, 3.8) is 0 Å². The van der Waals surface area contributed by atoms with Crippen molar-refractivity contribution in [1.29, 1.82) is 0 Å². The predicted octanol–water partition coefficient (Wildman–Crippen LogP) is 4.37. The standard InChI is InChI=1S/C25H22FN5O2/c26-18-6-2-4-8-20(18)28-24(32)23-15-22(29-30-23)17-11-13-31(14-12-17)25(33)21-10-9-16-5-1-3-7-19(16)27-21/h1-10,15,17H,11-14H2,(H,28,32)(H,29,30). The van der Waals surface area contributed by atoms with Crippen LogP contribution in [-0.2, 0) is 0 Å². The van der Waals surface area contributed by atoms with Crippen LogP contribution in [0.2, 0.25) is 0 Å². The fourth-order valence-electron chi connectivity index (χ4n) is 4.15. The van der Waals surface area contributed by atoms with Crippen LogP contribution in [0.5, 0.6) is 0 Å². The van der Waals surface area contributed by atoms with Crippen molar-refractivity contribution in [3.05, 3.63) is 89.6 Å². The van der Waals surface area contributed by atoms with Gasteiger partial charge in [-0.05, 0) is 43.2 Å². The van der Waals surface area contributed by atoms with Gasteiger partial charge < -0.3 is 10.2 Å². The molecule has 0 radical (unpaired) electrons. The number of benzene rings is 2. The third-order valence-corrected chi connectivity index (χ3v) is 5.99. The lowest BCUT2D eigenvalue weighted by molar-refractivity contribution is 0.0706. The quantitative estimate of drug-likeness (QED) is 0.490. The minimum atomic E-state index is -0.500. The summed E-state index contributed by atoms with van der Waals surface area (Å²) in [4.78, 5) is 31.7. The molecule has 0 aliphatic carbocycles. The Kier molecular flexibility index (Phi) is 5.56. The molecule has 2 N–H and O–H groups in total. The molecule has 4 aromatic rings. The van der Waals surface area contributed by atoms with Gasteiger partial charge in [0.05, 0.1) is 11.2 Å². The van der Waals surface area contributed by atoms with E-state index >= 15 is 0 Å². The number of aromatic nitrogens is 3. The highest BCUT2D eigenvalue weighted by molar-refractivity contribution is 6.03. The summed E-state index contributed by atoms with van der Waals surface area (Å²) >= 11 is 0. The van der Waals surface area contributed by atoms with Crippen molar-refractivity contribution in [2.24, 2.45) is 0 Å². The van der Waals surface area contributed by atoms with Gasteiger partial charge in [-0.3, -0.25) is 14.7 Å². The number of anilines is 1. The molecule has 2 amide bonds. The summed E-state index contributed by atoms with van der Waals surface area (Å²) in [7, 11) is 0. The zero-order chi connectivity index (χ0) is 22.8. The van der Waals surface area contributed by atoms with Gasteiger partial charge in [-0.25, -0.2) is 9.37 Å². The first-order valence-corrected chi connectivity index (χ1v) is 10.8. The van der Waals surface area contributed by atoms with E-state index in [-0.39, 0.29) is 23.2 Å². The second-order valence-corrected chi connectivity index (χ2v) is 8.10. The Morgan fingerprint density at radius 2 is 1.73 bits per heavy atom. The lowest BCUT2D eigenvalue weighted by Gasteiger charge is -2.31. The van der Waals surface area contributed by atoms with Gasteiger partial charge >= 0.3 is 0 Å². The van der Waals surface area contributed by atoms with Crippen molar-refractivity contribution in [2.75, 3.05) is 18.4 Å². The zero-order valence-electron chi connectivity index (χ0n) is 17.8. The topological polar surface area (TPSA) is 91.0 Å². The third-order valence-electron chi connectivity index (χ3n) is 5.99. The summed E-state index contributed by atoms with van der Waals surface area (Å²) in [5, 5.41) is 10.6. The number of para-hydroxylation sites is 2. The Hall–Kier alpha value is -4.07. The second-order valence-electron chi connectivity index (χ2n) is 8.10. The number of halogens is 1. The van der Waals surface area contributed by atoms with E-state index in [9.17, 15) is 14.0 Å². The van der Waals surface area contributed by atoms with Crippen molar-refractivity contribution in [2.45, 2.75) is 18.8 Å². The molecule has 0 spiro atoms. The number of hydrogen-bond donors (Lipinski definition) is 2. The summed E-state index contributed by atoms with van der Waals surface area (Å²) < 4.78 is 13.8. The number of amides is 2. The fourth-order valence-corrected chi connectivity index (χ4v) is 4.15. The molecular formula is C25H22FN5O2. The minimum Gasteiger partial charge on any atom is -0.337 e. The van der Waals surface area contributed by atoms with Crippen molar-refractivity contribution in [3.8, 4) is 0 Å². The van der Waals surface area contributed by atoms with E-state index in [0.717, 1.165) is 29.4 Å². The van der Waals surface area contributed by atoms with Gasteiger partial charge in [0.15, 0.2) is 5.69 Å². The zero-order valence-corrected chi connectivity index (χ0v) is 17.8. The molecule has 2 aromatic carbocycles. The molecule has 2 aromatic heterocycles. The number of carbonyl (C=O) groups excluding carboxylic acids is 2. The molecule has 0 atom stereocenters. The number of hydrogen-bond acceptors (Lipinski definition) is 4. The molecule has 1 aliphatic heterocycles. The molecule has 0 bridgehead atoms.